The van der Waals surface area contributed by atoms with Gasteiger partial charge in [-0.3, -0.25) is 4.79 Å². The third-order valence-corrected chi connectivity index (χ3v) is 3.96. The monoisotopic (exact) mass is 325 g/mol. The number of ether oxygens (including phenoxy) is 1. The van der Waals surface area contributed by atoms with Crippen molar-refractivity contribution < 1.29 is 9.53 Å². The van der Waals surface area contributed by atoms with Crippen LogP contribution in [0.15, 0.2) is 28.7 Å². The second-order valence-electron chi connectivity index (χ2n) is 5.03. The lowest BCUT2D eigenvalue weighted by Crippen LogP contribution is -2.32. The van der Waals surface area contributed by atoms with Gasteiger partial charge in [-0.2, -0.15) is 0 Å². The highest BCUT2D eigenvalue weighted by molar-refractivity contribution is 9.10. The summed E-state index contributed by atoms with van der Waals surface area (Å²) in [5, 5.41) is 3.03. The summed E-state index contributed by atoms with van der Waals surface area (Å²) in [4.78, 5) is 12.0. The van der Waals surface area contributed by atoms with Crippen LogP contribution in [0.4, 0.5) is 0 Å². The third-order valence-electron chi connectivity index (χ3n) is 3.43. The molecule has 1 heterocycles. The minimum Gasteiger partial charge on any atom is -0.378 e. The van der Waals surface area contributed by atoms with Crippen LogP contribution in [0.2, 0.25) is 0 Å². The minimum atomic E-state index is 0.0317. The van der Waals surface area contributed by atoms with Crippen molar-refractivity contribution in [1.82, 2.24) is 5.32 Å². The van der Waals surface area contributed by atoms with E-state index in [1.165, 1.54) is 6.42 Å². The first-order valence-corrected chi connectivity index (χ1v) is 7.61. The fraction of sp³-hybridized carbons (Fsp3) is 0.533. The van der Waals surface area contributed by atoms with Crippen LogP contribution in [0.1, 0.15) is 44.2 Å². The van der Waals surface area contributed by atoms with E-state index in [-0.39, 0.29) is 18.1 Å². The molecule has 4 heteroatoms. The van der Waals surface area contributed by atoms with Gasteiger partial charge in [0, 0.05) is 11.1 Å². The lowest BCUT2D eigenvalue weighted by atomic mass is 10.0. The van der Waals surface area contributed by atoms with E-state index in [1.54, 1.807) is 0 Å². The number of rotatable bonds is 4. The molecular formula is C15H20BrNO2. The van der Waals surface area contributed by atoms with Gasteiger partial charge < -0.3 is 10.1 Å². The molecule has 0 saturated carbocycles. The molecule has 1 N–H and O–H groups in total. The van der Waals surface area contributed by atoms with Gasteiger partial charge in [-0.05, 0) is 43.9 Å². The molecular weight excluding hydrogens is 306 g/mol. The van der Waals surface area contributed by atoms with Crippen LogP contribution in [0.3, 0.4) is 0 Å². The second-order valence-corrected chi connectivity index (χ2v) is 5.95. The molecule has 1 aromatic rings. The Hall–Kier alpha value is -0.870. The van der Waals surface area contributed by atoms with Crippen molar-refractivity contribution in [2.75, 3.05) is 6.61 Å². The summed E-state index contributed by atoms with van der Waals surface area (Å²) in [6, 6.07) is 8.05. The zero-order chi connectivity index (χ0) is 13.7. The molecule has 0 spiro atoms. The van der Waals surface area contributed by atoms with Crippen molar-refractivity contribution in [2.24, 2.45) is 0 Å². The topological polar surface area (TPSA) is 38.3 Å². The summed E-state index contributed by atoms with van der Waals surface area (Å²) in [5.74, 6) is 0.0716. The maximum Gasteiger partial charge on any atom is 0.223 e. The molecule has 2 unspecified atom stereocenters. The van der Waals surface area contributed by atoms with Gasteiger partial charge in [0.2, 0.25) is 5.91 Å². The summed E-state index contributed by atoms with van der Waals surface area (Å²) < 4.78 is 6.63. The zero-order valence-electron chi connectivity index (χ0n) is 11.2. The number of amides is 1. The molecule has 104 valence electrons. The lowest BCUT2D eigenvalue weighted by molar-refractivity contribution is -0.125. The molecule has 1 saturated heterocycles. The molecule has 1 aliphatic rings. The van der Waals surface area contributed by atoms with Gasteiger partial charge in [0.05, 0.1) is 18.6 Å². The van der Waals surface area contributed by atoms with E-state index >= 15 is 0 Å². The van der Waals surface area contributed by atoms with Crippen molar-refractivity contribution >= 4 is 21.8 Å². The maximum atomic E-state index is 12.0. The molecule has 1 aromatic carbocycles. The molecule has 2 atom stereocenters. The van der Waals surface area contributed by atoms with Gasteiger partial charge in [-0.15, -0.1) is 0 Å². The number of carbonyl (C=O) groups is 1. The average molecular weight is 326 g/mol. The first kappa shape index (κ1) is 14.5. The predicted octanol–water partition coefficient (Wildman–Crippen LogP) is 3.59. The number of nitrogens with one attached hydrogen (secondary N) is 1. The van der Waals surface area contributed by atoms with Gasteiger partial charge in [0.15, 0.2) is 0 Å². The van der Waals surface area contributed by atoms with Crippen LogP contribution >= 0.6 is 15.9 Å². The van der Waals surface area contributed by atoms with Crippen LogP contribution < -0.4 is 5.32 Å². The van der Waals surface area contributed by atoms with E-state index in [1.807, 2.05) is 31.2 Å². The van der Waals surface area contributed by atoms with Gasteiger partial charge in [-0.1, -0.05) is 28.1 Å². The summed E-state index contributed by atoms with van der Waals surface area (Å²) in [5.41, 5.74) is 1.11. The fourth-order valence-electron chi connectivity index (χ4n) is 2.31. The quantitative estimate of drug-likeness (QED) is 0.918. The lowest BCUT2D eigenvalue weighted by Gasteiger charge is -2.23. The molecule has 0 aliphatic carbocycles. The molecule has 3 nitrogen and oxygen atoms in total. The smallest absolute Gasteiger partial charge is 0.223 e. The number of hydrogen-bond acceptors (Lipinski definition) is 2. The highest BCUT2D eigenvalue weighted by Gasteiger charge is 2.18. The Morgan fingerprint density at radius 3 is 2.79 bits per heavy atom. The van der Waals surface area contributed by atoms with Crippen LogP contribution in [-0.2, 0) is 9.53 Å². The van der Waals surface area contributed by atoms with E-state index in [9.17, 15) is 4.79 Å². The van der Waals surface area contributed by atoms with Gasteiger partial charge in [-0.25, -0.2) is 0 Å². The number of halogens is 1. The molecule has 1 aliphatic heterocycles. The van der Waals surface area contributed by atoms with E-state index in [0.717, 1.165) is 29.5 Å². The number of benzene rings is 1. The standard InChI is InChI=1S/C15H20BrNO2/c1-11(12-5-7-13(16)8-6-12)17-15(18)10-14-4-2-3-9-19-14/h5-8,11,14H,2-4,9-10H2,1H3,(H,17,18). The van der Waals surface area contributed by atoms with Crippen LogP contribution in [-0.4, -0.2) is 18.6 Å². The van der Waals surface area contributed by atoms with Crippen molar-refractivity contribution in [3.8, 4) is 0 Å². The van der Waals surface area contributed by atoms with Crippen molar-refractivity contribution in [1.29, 1.82) is 0 Å². The SMILES string of the molecule is CC(NC(=O)CC1CCCCO1)c1ccc(Br)cc1. The van der Waals surface area contributed by atoms with Crippen molar-refractivity contribution in [2.45, 2.75) is 44.8 Å². The summed E-state index contributed by atoms with van der Waals surface area (Å²) >= 11 is 3.41. The Kier molecular flexibility index (Phi) is 5.40. The molecule has 19 heavy (non-hydrogen) atoms. The average Bonchev–Trinajstić information content (AvgIpc) is 2.40. The zero-order valence-corrected chi connectivity index (χ0v) is 12.8. The Morgan fingerprint density at radius 2 is 2.16 bits per heavy atom. The summed E-state index contributed by atoms with van der Waals surface area (Å²) in [6.07, 6.45) is 3.86. The third kappa shape index (κ3) is 4.62. The van der Waals surface area contributed by atoms with Crippen LogP contribution in [0.25, 0.3) is 0 Å². The van der Waals surface area contributed by atoms with Gasteiger partial charge in [0.1, 0.15) is 0 Å². The highest BCUT2D eigenvalue weighted by atomic mass is 79.9. The Labute approximate surface area is 122 Å². The molecule has 0 radical (unpaired) electrons. The number of carbonyl (C=O) groups excluding carboxylic acids is 1. The van der Waals surface area contributed by atoms with E-state index in [0.29, 0.717) is 6.42 Å². The van der Waals surface area contributed by atoms with Crippen molar-refractivity contribution in [3.05, 3.63) is 34.3 Å². The van der Waals surface area contributed by atoms with Crippen LogP contribution in [0, 0.1) is 0 Å². The molecule has 2 rings (SSSR count). The Bertz CT molecular complexity index is 413. The van der Waals surface area contributed by atoms with E-state index in [4.69, 9.17) is 4.74 Å². The highest BCUT2D eigenvalue weighted by Crippen LogP contribution is 2.18. The number of hydrogen-bond donors (Lipinski definition) is 1. The second kappa shape index (κ2) is 7.06. The van der Waals surface area contributed by atoms with Gasteiger partial charge >= 0.3 is 0 Å². The molecule has 0 bridgehead atoms. The summed E-state index contributed by atoms with van der Waals surface area (Å²) in [6.45, 7) is 2.79. The first-order valence-electron chi connectivity index (χ1n) is 6.81. The Balaban J connectivity index is 1.82. The Morgan fingerprint density at radius 1 is 1.42 bits per heavy atom. The molecule has 1 amide bonds. The maximum absolute atomic E-state index is 12.0. The van der Waals surface area contributed by atoms with Crippen LogP contribution in [0.5, 0.6) is 0 Å². The van der Waals surface area contributed by atoms with E-state index in [2.05, 4.69) is 21.2 Å². The van der Waals surface area contributed by atoms with E-state index < -0.39 is 0 Å². The predicted molar refractivity (Wildman–Crippen MR) is 78.9 cm³/mol. The molecule has 1 fully saturated rings. The first-order chi connectivity index (χ1) is 9.15. The minimum absolute atomic E-state index is 0.0317. The van der Waals surface area contributed by atoms with Crippen molar-refractivity contribution in [3.63, 3.8) is 0 Å². The largest absolute Gasteiger partial charge is 0.378 e. The normalized spacial score (nSPS) is 20.8. The van der Waals surface area contributed by atoms with Gasteiger partial charge in [0.25, 0.3) is 0 Å². The fourth-order valence-corrected chi connectivity index (χ4v) is 2.57. The molecule has 0 aromatic heterocycles. The summed E-state index contributed by atoms with van der Waals surface area (Å²) in [7, 11) is 0.